The molecule has 0 radical (unpaired) electrons. The molecule has 0 aromatic heterocycles. The molecule has 82 heavy (non-hydrogen) atoms. The van der Waals surface area contributed by atoms with E-state index in [0.717, 1.165) is 89.9 Å². The number of hydrogen-bond donors (Lipinski definition) is 0. The van der Waals surface area contributed by atoms with Crippen molar-refractivity contribution >= 4 is 17.9 Å². The molecule has 0 saturated heterocycles. The number of unbranched alkanes of at least 4 members (excludes halogenated alkanes) is 46. The lowest BCUT2D eigenvalue weighted by Gasteiger charge is -2.18. The number of carbonyl (C=O) groups is 3. The van der Waals surface area contributed by atoms with Gasteiger partial charge in [-0.15, -0.1) is 0 Å². The Bertz CT molecular complexity index is 1460. The summed E-state index contributed by atoms with van der Waals surface area (Å²) < 4.78 is 17.0. The van der Waals surface area contributed by atoms with Gasteiger partial charge in [0.05, 0.1) is 0 Å². The van der Waals surface area contributed by atoms with Gasteiger partial charge in [0.2, 0.25) is 0 Å². The predicted molar refractivity (Wildman–Crippen MR) is 358 cm³/mol. The van der Waals surface area contributed by atoms with Gasteiger partial charge in [0.1, 0.15) is 13.2 Å². The van der Waals surface area contributed by atoms with Gasteiger partial charge < -0.3 is 14.2 Å². The van der Waals surface area contributed by atoms with Crippen LogP contribution in [0.2, 0.25) is 0 Å². The zero-order valence-electron chi connectivity index (χ0n) is 55.0. The first-order valence-corrected chi connectivity index (χ1v) is 36.3. The van der Waals surface area contributed by atoms with E-state index in [4.69, 9.17) is 14.2 Å². The van der Waals surface area contributed by atoms with Gasteiger partial charge in [0.15, 0.2) is 6.10 Å². The number of carbonyl (C=O) groups excluding carboxylic acids is 3. The Hall–Kier alpha value is -2.89. The van der Waals surface area contributed by atoms with Crippen LogP contribution in [-0.4, -0.2) is 37.2 Å². The number of hydrogen-bond acceptors (Lipinski definition) is 6. The second-order valence-corrected chi connectivity index (χ2v) is 24.5. The van der Waals surface area contributed by atoms with Crippen molar-refractivity contribution in [3.63, 3.8) is 0 Å². The average molecular weight is 1150 g/mol. The van der Waals surface area contributed by atoms with E-state index in [1.165, 1.54) is 257 Å². The minimum absolute atomic E-state index is 0.0686. The van der Waals surface area contributed by atoms with Crippen LogP contribution in [0.1, 0.15) is 387 Å². The molecule has 0 bridgehead atoms. The molecule has 0 aliphatic heterocycles. The van der Waals surface area contributed by atoms with Crippen molar-refractivity contribution in [2.75, 3.05) is 13.2 Å². The van der Waals surface area contributed by atoms with Crippen LogP contribution in [0.4, 0.5) is 0 Å². The van der Waals surface area contributed by atoms with Crippen LogP contribution in [0.5, 0.6) is 0 Å². The van der Waals surface area contributed by atoms with E-state index in [2.05, 4.69) is 81.5 Å². The monoisotopic (exact) mass is 1150 g/mol. The zero-order chi connectivity index (χ0) is 59.2. The second kappa shape index (κ2) is 70.6. The Kier molecular flexibility index (Phi) is 68.1. The third kappa shape index (κ3) is 67.9. The summed E-state index contributed by atoms with van der Waals surface area (Å²) >= 11 is 0. The van der Waals surface area contributed by atoms with Crippen LogP contribution in [0.25, 0.3) is 0 Å². The third-order valence-corrected chi connectivity index (χ3v) is 16.3. The summed E-state index contributed by atoms with van der Waals surface area (Å²) in [5.41, 5.74) is 0. The van der Waals surface area contributed by atoms with Crippen LogP contribution in [-0.2, 0) is 28.6 Å². The lowest BCUT2D eigenvalue weighted by Crippen LogP contribution is -2.30. The van der Waals surface area contributed by atoms with E-state index >= 15 is 0 Å². The molecular formula is C76H138O6. The van der Waals surface area contributed by atoms with Gasteiger partial charge in [-0.3, -0.25) is 14.4 Å². The zero-order valence-corrected chi connectivity index (χ0v) is 55.0. The van der Waals surface area contributed by atoms with Crippen molar-refractivity contribution in [1.29, 1.82) is 0 Å². The molecule has 0 rings (SSSR count). The first kappa shape index (κ1) is 79.1. The highest BCUT2D eigenvalue weighted by molar-refractivity contribution is 5.71. The molecule has 6 nitrogen and oxygen atoms in total. The average Bonchev–Trinajstić information content (AvgIpc) is 3.47. The Balaban J connectivity index is 4.24. The van der Waals surface area contributed by atoms with Gasteiger partial charge in [-0.2, -0.15) is 0 Å². The smallest absolute Gasteiger partial charge is 0.306 e. The van der Waals surface area contributed by atoms with Crippen LogP contribution in [0.3, 0.4) is 0 Å². The van der Waals surface area contributed by atoms with E-state index < -0.39 is 6.10 Å². The topological polar surface area (TPSA) is 78.9 Å². The molecule has 0 saturated carbocycles. The molecule has 478 valence electrons. The summed E-state index contributed by atoms with van der Waals surface area (Å²) in [6, 6.07) is 0. The minimum atomic E-state index is -0.773. The fourth-order valence-corrected chi connectivity index (χ4v) is 10.9. The van der Waals surface area contributed by atoms with Crippen molar-refractivity contribution in [2.45, 2.75) is 393 Å². The molecule has 6 heteroatoms. The molecule has 0 aromatic carbocycles. The van der Waals surface area contributed by atoms with Crippen molar-refractivity contribution < 1.29 is 28.6 Å². The Morgan fingerprint density at radius 2 is 0.476 bits per heavy atom. The molecule has 0 heterocycles. The number of ether oxygens (including phenoxy) is 3. The fourth-order valence-electron chi connectivity index (χ4n) is 10.9. The van der Waals surface area contributed by atoms with Gasteiger partial charge in [-0.1, -0.05) is 364 Å². The molecule has 0 aliphatic carbocycles. The van der Waals surface area contributed by atoms with Crippen molar-refractivity contribution in [3.8, 4) is 0 Å². The molecule has 0 fully saturated rings. The molecule has 0 aliphatic rings. The summed E-state index contributed by atoms with van der Waals surface area (Å²) in [6.07, 6.45) is 91.1. The number of esters is 3. The SMILES string of the molecule is CC/C=C\C/C=C\C/C=C\C/C=C\C/C=C\CCCCCCCCCCCCCC(=O)OCC(COC(=O)CCCCCCCCCCCCCCC)OC(=O)CCCCCCCCCCCCCCCCCCCCCCCCCC. The van der Waals surface area contributed by atoms with Gasteiger partial charge in [0.25, 0.3) is 0 Å². The quantitative estimate of drug-likeness (QED) is 0.0261. The summed E-state index contributed by atoms with van der Waals surface area (Å²) in [7, 11) is 0. The van der Waals surface area contributed by atoms with E-state index in [1.807, 2.05) is 0 Å². The first-order chi connectivity index (χ1) is 40.5. The standard InChI is InChI=1S/C76H138O6/c1-4-7-10-13-16-19-22-25-27-29-31-33-35-37-38-39-41-42-44-46-48-51-54-57-60-63-66-69-75(78)81-72-73(71-80-74(77)68-65-62-59-56-53-50-24-21-18-15-12-9-6-3)82-76(79)70-67-64-61-58-55-52-49-47-45-43-40-36-34-32-30-28-26-23-20-17-14-11-8-5-2/h7,10,16,19,25,27,31,33,37-38,73H,4-6,8-9,11-15,17-18,20-24,26,28-30,32,34-36,39-72H2,1-3H3/b10-7-,19-16-,27-25-,33-31-,38-37-. The first-order valence-electron chi connectivity index (χ1n) is 36.3. The van der Waals surface area contributed by atoms with Crippen molar-refractivity contribution in [1.82, 2.24) is 0 Å². The molecular weight excluding hydrogens is 1010 g/mol. The summed E-state index contributed by atoms with van der Waals surface area (Å²) in [5, 5.41) is 0. The molecule has 1 unspecified atom stereocenters. The summed E-state index contributed by atoms with van der Waals surface area (Å²) in [4.78, 5) is 38.5. The van der Waals surface area contributed by atoms with Crippen LogP contribution in [0, 0.1) is 0 Å². The van der Waals surface area contributed by atoms with Crippen LogP contribution >= 0.6 is 0 Å². The maximum absolute atomic E-state index is 13.0. The number of rotatable bonds is 67. The van der Waals surface area contributed by atoms with Gasteiger partial charge >= 0.3 is 17.9 Å². The molecule has 0 amide bonds. The van der Waals surface area contributed by atoms with Crippen LogP contribution in [0.15, 0.2) is 60.8 Å². The lowest BCUT2D eigenvalue weighted by atomic mass is 10.0. The lowest BCUT2D eigenvalue weighted by molar-refractivity contribution is -0.167. The van der Waals surface area contributed by atoms with E-state index in [1.54, 1.807) is 0 Å². The maximum Gasteiger partial charge on any atom is 0.306 e. The molecule has 0 aromatic rings. The van der Waals surface area contributed by atoms with Crippen molar-refractivity contribution in [2.24, 2.45) is 0 Å². The maximum atomic E-state index is 13.0. The van der Waals surface area contributed by atoms with Crippen LogP contribution < -0.4 is 0 Å². The Labute approximate surface area is 510 Å². The van der Waals surface area contributed by atoms with Crippen molar-refractivity contribution in [3.05, 3.63) is 60.8 Å². The molecule has 0 spiro atoms. The normalized spacial score (nSPS) is 12.4. The largest absolute Gasteiger partial charge is 0.462 e. The summed E-state index contributed by atoms with van der Waals surface area (Å²) in [5.74, 6) is -0.844. The highest BCUT2D eigenvalue weighted by Crippen LogP contribution is 2.19. The predicted octanol–water partition coefficient (Wildman–Crippen LogP) is 25.1. The fraction of sp³-hybridized carbons (Fsp3) is 0.829. The van der Waals surface area contributed by atoms with E-state index in [0.29, 0.717) is 19.3 Å². The van der Waals surface area contributed by atoms with Gasteiger partial charge in [0, 0.05) is 19.3 Å². The Morgan fingerprint density at radius 3 is 0.744 bits per heavy atom. The minimum Gasteiger partial charge on any atom is -0.462 e. The highest BCUT2D eigenvalue weighted by Gasteiger charge is 2.19. The van der Waals surface area contributed by atoms with Gasteiger partial charge in [-0.25, -0.2) is 0 Å². The molecule has 1 atom stereocenters. The van der Waals surface area contributed by atoms with Gasteiger partial charge in [-0.05, 0) is 64.2 Å². The summed E-state index contributed by atoms with van der Waals surface area (Å²) in [6.45, 7) is 6.60. The highest BCUT2D eigenvalue weighted by atomic mass is 16.6. The molecule has 0 N–H and O–H groups in total. The Morgan fingerprint density at radius 1 is 0.256 bits per heavy atom. The van der Waals surface area contributed by atoms with E-state index in [9.17, 15) is 14.4 Å². The third-order valence-electron chi connectivity index (χ3n) is 16.3. The van der Waals surface area contributed by atoms with E-state index in [-0.39, 0.29) is 31.1 Å². The second-order valence-electron chi connectivity index (χ2n) is 24.5. The number of allylic oxidation sites excluding steroid dienone is 10.